The van der Waals surface area contributed by atoms with Crippen LogP contribution in [-0.2, 0) is 17.4 Å². The molecule has 4 rings (SSSR count). The molecular weight excluding hydrogens is 421 g/mol. The largest absolute Gasteiger partial charge is 0.416 e. The van der Waals surface area contributed by atoms with E-state index in [0.717, 1.165) is 30.8 Å². The molecule has 0 radical (unpaired) electrons. The zero-order chi connectivity index (χ0) is 22.9. The summed E-state index contributed by atoms with van der Waals surface area (Å²) >= 11 is 0. The Kier molecular flexibility index (Phi) is 6.10. The predicted molar refractivity (Wildman–Crippen MR) is 117 cm³/mol. The monoisotopic (exact) mass is 446 g/mol. The van der Waals surface area contributed by atoms with Crippen LogP contribution in [0.5, 0.6) is 0 Å². The van der Waals surface area contributed by atoms with E-state index in [2.05, 4.69) is 15.5 Å². The second-order valence-electron chi connectivity index (χ2n) is 8.25. The maximum absolute atomic E-state index is 13.3. The third-order valence-corrected chi connectivity index (χ3v) is 5.91. The van der Waals surface area contributed by atoms with Gasteiger partial charge in [0.15, 0.2) is 0 Å². The van der Waals surface area contributed by atoms with Crippen molar-refractivity contribution in [3.8, 4) is 0 Å². The summed E-state index contributed by atoms with van der Waals surface area (Å²) in [5.74, 6) is -0.556. The molecule has 6 nitrogen and oxygen atoms in total. The molecular formula is C23H25F3N4O2. The van der Waals surface area contributed by atoms with Crippen LogP contribution in [0.15, 0.2) is 36.4 Å². The van der Waals surface area contributed by atoms with Gasteiger partial charge in [0, 0.05) is 43.9 Å². The Morgan fingerprint density at radius 2 is 1.78 bits per heavy atom. The molecule has 170 valence electrons. The Morgan fingerprint density at radius 1 is 1.03 bits per heavy atom. The van der Waals surface area contributed by atoms with Gasteiger partial charge in [-0.15, -0.1) is 0 Å². The van der Waals surface area contributed by atoms with Crippen molar-refractivity contribution >= 4 is 28.9 Å². The molecule has 32 heavy (non-hydrogen) atoms. The van der Waals surface area contributed by atoms with Crippen molar-refractivity contribution < 1.29 is 22.8 Å². The normalized spacial score (nSPS) is 17.4. The highest BCUT2D eigenvalue weighted by atomic mass is 19.4. The van der Waals surface area contributed by atoms with Crippen LogP contribution in [0.25, 0.3) is 0 Å². The molecule has 0 unspecified atom stereocenters. The number of hydrogen-bond donors (Lipinski definition) is 2. The van der Waals surface area contributed by atoms with Gasteiger partial charge in [-0.05, 0) is 61.9 Å². The number of anilines is 3. The predicted octanol–water partition coefficient (Wildman–Crippen LogP) is 3.98. The minimum atomic E-state index is -4.51. The molecule has 2 aliphatic rings. The molecule has 2 amide bonds. The van der Waals surface area contributed by atoms with E-state index in [9.17, 15) is 22.8 Å². The molecule has 2 heterocycles. The van der Waals surface area contributed by atoms with Crippen molar-refractivity contribution in [1.29, 1.82) is 0 Å². The third-order valence-electron chi connectivity index (χ3n) is 5.91. The SMILES string of the molecule is CN1CCN(c2ccc(C(F)(F)F)cc2NC(=O)c2ccc3c(c2)CCCC(=O)N3)CC1. The molecule has 1 saturated heterocycles. The van der Waals surface area contributed by atoms with E-state index < -0.39 is 17.6 Å². The number of nitrogens with one attached hydrogen (secondary N) is 2. The minimum Gasteiger partial charge on any atom is -0.367 e. The van der Waals surface area contributed by atoms with Gasteiger partial charge in [0.05, 0.1) is 16.9 Å². The van der Waals surface area contributed by atoms with E-state index in [-0.39, 0.29) is 11.6 Å². The van der Waals surface area contributed by atoms with Crippen LogP contribution >= 0.6 is 0 Å². The lowest BCUT2D eigenvalue weighted by atomic mass is 10.0. The van der Waals surface area contributed by atoms with Crippen LogP contribution in [0.1, 0.15) is 34.3 Å². The van der Waals surface area contributed by atoms with Crippen molar-refractivity contribution in [2.75, 3.05) is 48.8 Å². The summed E-state index contributed by atoms with van der Waals surface area (Å²) in [6.07, 6.45) is -2.78. The first kappa shape index (κ1) is 22.1. The number of carbonyl (C=O) groups is 2. The summed E-state index contributed by atoms with van der Waals surface area (Å²) in [4.78, 5) is 28.9. The molecule has 2 aromatic rings. The molecule has 1 fully saturated rings. The lowest BCUT2D eigenvalue weighted by Gasteiger charge is -2.35. The highest BCUT2D eigenvalue weighted by molar-refractivity contribution is 6.06. The quantitative estimate of drug-likeness (QED) is 0.749. The first-order chi connectivity index (χ1) is 15.2. The molecule has 0 aliphatic carbocycles. The van der Waals surface area contributed by atoms with Gasteiger partial charge in [-0.25, -0.2) is 0 Å². The fraction of sp³-hybridized carbons (Fsp3) is 0.391. The van der Waals surface area contributed by atoms with Gasteiger partial charge in [0.25, 0.3) is 5.91 Å². The number of amides is 2. The van der Waals surface area contributed by atoms with Crippen LogP contribution in [-0.4, -0.2) is 49.9 Å². The summed E-state index contributed by atoms with van der Waals surface area (Å²) in [6.45, 7) is 2.88. The summed E-state index contributed by atoms with van der Waals surface area (Å²) in [5, 5.41) is 5.51. The maximum Gasteiger partial charge on any atom is 0.416 e. The minimum absolute atomic E-state index is 0.0678. The summed E-state index contributed by atoms with van der Waals surface area (Å²) in [7, 11) is 1.99. The first-order valence-electron chi connectivity index (χ1n) is 10.6. The Bertz CT molecular complexity index is 1030. The van der Waals surface area contributed by atoms with Crippen molar-refractivity contribution in [2.24, 2.45) is 0 Å². The van der Waals surface area contributed by atoms with E-state index in [1.54, 1.807) is 18.2 Å². The number of fused-ring (bicyclic) bond motifs is 1. The smallest absolute Gasteiger partial charge is 0.367 e. The Labute approximate surface area is 184 Å². The Balaban J connectivity index is 1.62. The van der Waals surface area contributed by atoms with Crippen LogP contribution < -0.4 is 15.5 Å². The van der Waals surface area contributed by atoms with Crippen LogP contribution in [0.2, 0.25) is 0 Å². The fourth-order valence-electron chi connectivity index (χ4n) is 4.05. The van der Waals surface area contributed by atoms with E-state index in [4.69, 9.17) is 0 Å². The van der Waals surface area contributed by atoms with Crippen molar-refractivity contribution in [3.63, 3.8) is 0 Å². The highest BCUT2D eigenvalue weighted by Gasteiger charge is 2.32. The lowest BCUT2D eigenvalue weighted by molar-refractivity contribution is -0.137. The number of benzene rings is 2. The maximum atomic E-state index is 13.3. The average Bonchev–Trinajstić information content (AvgIpc) is 2.93. The average molecular weight is 446 g/mol. The molecule has 0 saturated carbocycles. The fourth-order valence-corrected chi connectivity index (χ4v) is 4.05. The lowest BCUT2D eigenvalue weighted by Crippen LogP contribution is -2.44. The Morgan fingerprint density at radius 3 is 2.50 bits per heavy atom. The number of nitrogens with zero attached hydrogens (tertiary/aromatic N) is 2. The molecule has 0 spiro atoms. The molecule has 2 aromatic carbocycles. The molecule has 0 aromatic heterocycles. The van der Waals surface area contributed by atoms with Crippen molar-refractivity contribution in [1.82, 2.24) is 4.90 Å². The summed E-state index contributed by atoms with van der Waals surface area (Å²) in [5.41, 5.74) is 1.74. The summed E-state index contributed by atoms with van der Waals surface area (Å²) in [6, 6.07) is 8.41. The highest BCUT2D eigenvalue weighted by Crippen LogP contribution is 2.36. The van der Waals surface area contributed by atoms with Gasteiger partial charge >= 0.3 is 6.18 Å². The van der Waals surface area contributed by atoms with E-state index in [1.807, 2.05) is 11.9 Å². The van der Waals surface area contributed by atoms with Gasteiger partial charge in [-0.1, -0.05) is 0 Å². The number of carbonyl (C=O) groups excluding carboxylic acids is 2. The van der Waals surface area contributed by atoms with E-state index in [0.29, 0.717) is 49.3 Å². The second kappa shape index (κ2) is 8.82. The van der Waals surface area contributed by atoms with Gasteiger partial charge in [-0.2, -0.15) is 13.2 Å². The topological polar surface area (TPSA) is 64.7 Å². The summed E-state index contributed by atoms with van der Waals surface area (Å²) < 4.78 is 40.0. The van der Waals surface area contributed by atoms with E-state index in [1.165, 1.54) is 6.07 Å². The van der Waals surface area contributed by atoms with Crippen LogP contribution in [0.4, 0.5) is 30.2 Å². The van der Waals surface area contributed by atoms with Crippen molar-refractivity contribution in [3.05, 3.63) is 53.1 Å². The third kappa shape index (κ3) is 4.88. The molecule has 2 aliphatic heterocycles. The number of aryl methyl sites for hydroxylation is 1. The number of piperazine rings is 1. The number of likely N-dealkylation sites (N-methyl/N-ethyl adjacent to an activating group) is 1. The number of rotatable bonds is 3. The van der Waals surface area contributed by atoms with Crippen LogP contribution in [0.3, 0.4) is 0 Å². The first-order valence-corrected chi connectivity index (χ1v) is 10.6. The zero-order valence-electron chi connectivity index (χ0n) is 17.8. The van der Waals surface area contributed by atoms with Crippen molar-refractivity contribution in [2.45, 2.75) is 25.4 Å². The van der Waals surface area contributed by atoms with Crippen LogP contribution in [0, 0.1) is 0 Å². The molecule has 0 bridgehead atoms. The second-order valence-corrected chi connectivity index (χ2v) is 8.25. The van der Waals surface area contributed by atoms with Gasteiger partial charge in [-0.3, -0.25) is 9.59 Å². The standard InChI is InChI=1S/C23H25F3N4O2/c1-29-9-11-30(12-10-29)20-8-6-17(23(24,25)26)14-19(20)28-22(32)16-5-7-18-15(13-16)3-2-4-21(31)27-18/h5-8,13-14H,2-4,9-12H2,1H3,(H,27,31)(H,28,32). The molecule has 2 N–H and O–H groups in total. The number of alkyl halides is 3. The van der Waals surface area contributed by atoms with Gasteiger partial charge in [0.2, 0.25) is 5.91 Å². The number of halogens is 3. The Hall–Kier alpha value is -3.07. The number of hydrogen-bond acceptors (Lipinski definition) is 4. The van der Waals surface area contributed by atoms with Gasteiger partial charge in [0.1, 0.15) is 0 Å². The molecule has 0 atom stereocenters. The van der Waals surface area contributed by atoms with Gasteiger partial charge < -0.3 is 20.4 Å². The zero-order valence-corrected chi connectivity index (χ0v) is 17.8. The molecule has 9 heteroatoms. The van der Waals surface area contributed by atoms with E-state index >= 15 is 0 Å².